The molecule has 1 N–H and O–H groups in total. The number of nitrogens with one attached hydrogen (secondary N) is 1. The Morgan fingerprint density at radius 1 is 1.26 bits per heavy atom. The van der Waals surface area contributed by atoms with E-state index in [1.54, 1.807) is 0 Å². The third-order valence-electron chi connectivity index (χ3n) is 4.83. The normalized spacial score (nSPS) is 32.3. The summed E-state index contributed by atoms with van der Waals surface area (Å²) in [6.45, 7) is 5.75. The van der Waals surface area contributed by atoms with Crippen LogP contribution in [0.15, 0.2) is 0 Å². The van der Waals surface area contributed by atoms with Crippen LogP contribution in [-0.2, 0) is 10.8 Å². The molecule has 1 heterocycles. The lowest BCUT2D eigenvalue weighted by atomic mass is 9.82. The Balaban J connectivity index is 1.79. The van der Waals surface area contributed by atoms with Gasteiger partial charge in [-0.15, -0.1) is 0 Å². The largest absolute Gasteiger partial charge is 0.311 e. The predicted molar refractivity (Wildman–Crippen MR) is 83.0 cm³/mol. The van der Waals surface area contributed by atoms with Gasteiger partial charge in [-0.3, -0.25) is 9.11 Å². The van der Waals surface area contributed by atoms with Gasteiger partial charge in [-0.05, 0) is 38.6 Å². The summed E-state index contributed by atoms with van der Waals surface area (Å²) in [6, 6.07) is 1.33. The van der Waals surface area contributed by atoms with Crippen LogP contribution in [0.1, 0.15) is 45.4 Å². The molecule has 112 valence electrons. The number of piperazine rings is 1. The van der Waals surface area contributed by atoms with Crippen molar-refractivity contribution in [3.05, 3.63) is 0 Å². The molecule has 1 aliphatic heterocycles. The average molecular weight is 286 g/mol. The van der Waals surface area contributed by atoms with Gasteiger partial charge in [0.25, 0.3) is 0 Å². The SMILES string of the molecule is CC1CNC(C2CCCCC2)CN1CCCS(C)=O. The van der Waals surface area contributed by atoms with Crippen LogP contribution in [-0.4, -0.2) is 52.8 Å². The van der Waals surface area contributed by atoms with E-state index in [1.807, 2.05) is 6.26 Å². The third-order valence-corrected chi connectivity index (χ3v) is 5.69. The molecule has 0 aromatic heterocycles. The molecule has 1 aliphatic carbocycles. The third kappa shape index (κ3) is 4.83. The highest BCUT2D eigenvalue weighted by Gasteiger charge is 2.30. The molecule has 2 aliphatic rings. The van der Waals surface area contributed by atoms with Gasteiger partial charge >= 0.3 is 0 Å². The van der Waals surface area contributed by atoms with Crippen LogP contribution in [0.3, 0.4) is 0 Å². The molecule has 3 nitrogen and oxygen atoms in total. The van der Waals surface area contributed by atoms with Gasteiger partial charge in [-0.2, -0.15) is 0 Å². The van der Waals surface area contributed by atoms with Crippen molar-refractivity contribution in [1.82, 2.24) is 10.2 Å². The zero-order valence-electron chi connectivity index (χ0n) is 12.6. The van der Waals surface area contributed by atoms with Crippen molar-refractivity contribution in [3.63, 3.8) is 0 Å². The lowest BCUT2D eigenvalue weighted by Crippen LogP contribution is -2.58. The molecule has 1 saturated heterocycles. The topological polar surface area (TPSA) is 32.3 Å². The summed E-state index contributed by atoms with van der Waals surface area (Å²) in [7, 11) is -0.636. The highest BCUT2D eigenvalue weighted by atomic mass is 32.2. The predicted octanol–water partition coefficient (Wildman–Crippen LogP) is 2.00. The summed E-state index contributed by atoms with van der Waals surface area (Å²) in [5, 5.41) is 3.77. The van der Waals surface area contributed by atoms with E-state index in [2.05, 4.69) is 17.1 Å². The van der Waals surface area contributed by atoms with Crippen molar-refractivity contribution in [2.75, 3.05) is 31.6 Å². The second-order valence-electron chi connectivity index (χ2n) is 6.39. The van der Waals surface area contributed by atoms with Crippen LogP contribution < -0.4 is 5.32 Å². The fourth-order valence-corrected chi connectivity index (χ4v) is 4.12. The number of rotatable bonds is 5. The minimum atomic E-state index is -0.636. The van der Waals surface area contributed by atoms with E-state index in [4.69, 9.17) is 0 Å². The molecule has 0 bridgehead atoms. The Kier molecular flexibility index (Phi) is 6.30. The van der Waals surface area contributed by atoms with Crippen molar-refractivity contribution >= 4 is 10.8 Å². The zero-order valence-corrected chi connectivity index (χ0v) is 13.4. The van der Waals surface area contributed by atoms with E-state index in [9.17, 15) is 4.21 Å². The fourth-order valence-electron chi connectivity index (χ4n) is 3.58. The summed E-state index contributed by atoms with van der Waals surface area (Å²) in [6.07, 6.45) is 10.0. The van der Waals surface area contributed by atoms with Gasteiger partial charge in [-0.1, -0.05) is 19.3 Å². The van der Waals surface area contributed by atoms with Gasteiger partial charge in [-0.25, -0.2) is 0 Å². The number of nitrogens with zero attached hydrogens (tertiary/aromatic N) is 1. The van der Waals surface area contributed by atoms with Gasteiger partial charge in [0, 0.05) is 48.0 Å². The quantitative estimate of drug-likeness (QED) is 0.839. The van der Waals surface area contributed by atoms with Crippen LogP contribution in [0.2, 0.25) is 0 Å². The average Bonchev–Trinajstić information content (AvgIpc) is 2.41. The lowest BCUT2D eigenvalue weighted by Gasteiger charge is -2.43. The van der Waals surface area contributed by atoms with E-state index in [-0.39, 0.29) is 0 Å². The maximum atomic E-state index is 11.2. The van der Waals surface area contributed by atoms with Crippen LogP contribution in [0, 0.1) is 5.92 Å². The molecule has 0 aromatic rings. The monoisotopic (exact) mass is 286 g/mol. The molecule has 19 heavy (non-hydrogen) atoms. The summed E-state index contributed by atoms with van der Waals surface area (Å²) in [5.74, 6) is 1.74. The molecule has 0 amide bonds. The van der Waals surface area contributed by atoms with Gasteiger partial charge in [0.05, 0.1) is 0 Å². The van der Waals surface area contributed by atoms with Crippen molar-refractivity contribution in [3.8, 4) is 0 Å². The van der Waals surface area contributed by atoms with E-state index in [0.29, 0.717) is 12.1 Å². The van der Waals surface area contributed by atoms with Gasteiger partial charge in [0.15, 0.2) is 0 Å². The summed E-state index contributed by atoms with van der Waals surface area (Å²) in [5.41, 5.74) is 0. The zero-order chi connectivity index (χ0) is 13.7. The first-order valence-electron chi connectivity index (χ1n) is 7.94. The van der Waals surface area contributed by atoms with Crippen LogP contribution in [0.4, 0.5) is 0 Å². The van der Waals surface area contributed by atoms with E-state index in [1.165, 1.54) is 38.6 Å². The van der Waals surface area contributed by atoms with Crippen LogP contribution in [0.5, 0.6) is 0 Å². The van der Waals surface area contributed by atoms with Crippen molar-refractivity contribution in [2.45, 2.75) is 57.5 Å². The Labute approximate surface area is 121 Å². The maximum Gasteiger partial charge on any atom is 0.0244 e. The van der Waals surface area contributed by atoms with Gasteiger partial charge < -0.3 is 5.32 Å². The number of hydrogen-bond acceptors (Lipinski definition) is 3. The van der Waals surface area contributed by atoms with E-state index >= 15 is 0 Å². The molecule has 4 heteroatoms. The van der Waals surface area contributed by atoms with Crippen molar-refractivity contribution in [2.24, 2.45) is 5.92 Å². The molecule has 0 radical (unpaired) electrons. The first-order valence-corrected chi connectivity index (χ1v) is 9.67. The second kappa shape index (κ2) is 7.75. The highest BCUT2D eigenvalue weighted by molar-refractivity contribution is 7.84. The second-order valence-corrected chi connectivity index (χ2v) is 7.94. The highest BCUT2D eigenvalue weighted by Crippen LogP contribution is 2.28. The first-order chi connectivity index (χ1) is 9.16. The molecular formula is C15H30N2OS. The summed E-state index contributed by atoms with van der Waals surface area (Å²) >= 11 is 0. The fraction of sp³-hybridized carbons (Fsp3) is 1.00. The molecule has 0 spiro atoms. The minimum Gasteiger partial charge on any atom is -0.311 e. The Morgan fingerprint density at radius 2 is 2.00 bits per heavy atom. The lowest BCUT2D eigenvalue weighted by molar-refractivity contribution is 0.105. The van der Waals surface area contributed by atoms with Crippen molar-refractivity contribution in [1.29, 1.82) is 0 Å². The van der Waals surface area contributed by atoms with Gasteiger partial charge in [0.1, 0.15) is 0 Å². The van der Waals surface area contributed by atoms with Crippen LogP contribution in [0.25, 0.3) is 0 Å². The Hall–Kier alpha value is 0.0700. The molecule has 1 saturated carbocycles. The van der Waals surface area contributed by atoms with Gasteiger partial charge in [0.2, 0.25) is 0 Å². The van der Waals surface area contributed by atoms with Crippen molar-refractivity contribution < 1.29 is 4.21 Å². The maximum absolute atomic E-state index is 11.2. The number of hydrogen-bond donors (Lipinski definition) is 1. The summed E-state index contributed by atoms with van der Waals surface area (Å²) < 4.78 is 11.2. The molecule has 3 unspecified atom stereocenters. The molecule has 0 aromatic carbocycles. The smallest absolute Gasteiger partial charge is 0.0244 e. The Morgan fingerprint density at radius 3 is 2.68 bits per heavy atom. The molecule has 2 fully saturated rings. The minimum absolute atomic E-state index is 0.630. The first kappa shape index (κ1) is 15.5. The molecule has 2 rings (SSSR count). The Bertz CT molecular complexity index is 292. The summed E-state index contributed by atoms with van der Waals surface area (Å²) in [4.78, 5) is 2.61. The standard InChI is InChI=1S/C15H30N2OS/c1-13-11-16-15(14-7-4-3-5-8-14)12-17(13)9-6-10-19(2)18/h13-16H,3-12H2,1-2H3. The van der Waals surface area contributed by atoms with Crippen LogP contribution >= 0.6 is 0 Å². The molecular weight excluding hydrogens is 256 g/mol. The van der Waals surface area contributed by atoms with E-state index in [0.717, 1.165) is 31.2 Å². The molecule has 3 atom stereocenters. The van der Waals surface area contributed by atoms with E-state index < -0.39 is 10.8 Å².